The summed E-state index contributed by atoms with van der Waals surface area (Å²) in [5.41, 5.74) is 3.54. The number of benzene rings is 2. The first-order valence-electron chi connectivity index (χ1n) is 11.0. The molecule has 6 heteroatoms. The van der Waals surface area contributed by atoms with Gasteiger partial charge in [0.25, 0.3) is 5.91 Å². The number of rotatable bonds is 3. The molecular formula is C25H26FN3O2. The highest BCUT2D eigenvalue weighted by molar-refractivity contribution is 5.94. The van der Waals surface area contributed by atoms with Gasteiger partial charge in [-0.15, -0.1) is 0 Å². The summed E-state index contributed by atoms with van der Waals surface area (Å²) in [7, 11) is 0. The van der Waals surface area contributed by atoms with Crippen molar-refractivity contribution < 1.29 is 13.9 Å². The van der Waals surface area contributed by atoms with Crippen LogP contribution in [0.25, 0.3) is 11.4 Å². The van der Waals surface area contributed by atoms with Crippen LogP contribution in [0.1, 0.15) is 47.1 Å². The lowest BCUT2D eigenvalue weighted by Crippen LogP contribution is -2.42. The number of hydrogen-bond donors (Lipinski definition) is 0. The van der Waals surface area contributed by atoms with Gasteiger partial charge in [-0.3, -0.25) is 4.79 Å². The van der Waals surface area contributed by atoms with Crippen LogP contribution in [-0.4, -0.2) is 40.1 Å². The summed E-state index contributed by atoms with van der Waals surface area (Å²) in [5, 5.41) is 0. The third-order valence-corrected chi connectivity index (χ3v) is 6.20. The minimum Gasteiger partial charge on any atom is -0.370 e. The Balaban J connectivity index is 1.46. The molecule has 1 aromatic heterocycles. The van der Waals surface area contributed by atoms with Gasteiger partial charge in [0.2, 0.25) is 0 Å². The van der Waals surface area contributed by atoms with Gasteiger partial charge in [0.15, 0.2) is 0 Å². The molecule has 1 amide bonds. The predicted octanol–water partition coefficient (Wildman–Crippen LogP) is 4.63. The molecule has 1 fully saturated rings. The number of imidazole rings is 1. The van der Waals surface area contributed by atoms with Crippen LogP contribution in [0.3, 0.4) is 0 Å². The minimum atomic E-state index is -0.276. The van der Waals surface area contributed by atoms with Crippen molar-refractivity contribution in [1.29, 1.82) is 0 Å². The van der Waals surface area contributed by atoms with Crippen LogP contribution in [0, 0.1) is 5.82 Å². The lowest BCUT2D eigenvalue weighted by atomic mass is 10.1. The van der Waals surface area contributed by atoms with Crippen LogP contribution in [0.5, 0.6) is 0 Å². The molecule has 3 heterocycles. The van der Waals surface area contributed by atoms with Crippen molar-refractivity contribution in [3.8, 4) is 11.4 Å². The Hall–Kier alpha value is -2.99. The van der Waals surface area contributed by atoms with E-state index in [-0.39, 0.29) is 17.8 Å². The van der Waals surface area contributed by atoms with E-state index in [0.717, 1.165) is 54.9 Å². The largest absolute Gasteiger partial charge is 0.370 e. The summed E-state index contributed by atoms with van der Waals surface area (Å²) in [6.45, 7) is 2.32. The number of amides is 1. The van der Waals surface area contributed by atoms with E-state index in [9.17, 15) is 9.18 Å². The highest BCUT2D eigenvalue weighted by Gasteiger charge is 2.31. The summed E-state index contributed by atoms with van der Waals surface area (Å²) < 4.78 is 21.4. The van der Waals surface area contributed by atoms with Gasteiger partial charge in [-0.2, -0.15) is 0 Å². The third kappa shape index (κ3) is 4.00. The zero-order valence-electron chi connectivity index (χ0n) is 17.5. The smallest absolute Gasteiger partial charge is 0.274 e. The molecule has 0 spiro atoms. The van der Waals surface area contributed by atoms with E-state index < -0.39 is 0 Å². The monoisotopic (exact) mass is 419 g/mol. The summed E-state index contributed by atoms with van der Waals surface area (Å²) in [6.07, 6.45) is 3.94. The molecule has 160 valence electrons. The number of hydrogen-bond acceptors (Lipinski definition) is 3. The molecule has 0 bridgehead atoms. The molecule has 3 aromatic rings. The maximum absolute atomic E-state index is 13.6. The normalized spacial score (nSPS) is 19.0. The molecule has 1 atom stereocenters. The van der Waals surface area contributed by atoms with Crippen LogP contribution in [-0.2, 0) is 17.7 Å². The highest BCUT2D eigenvalue weighted by atomic mass is 19.1. The Morgan fingerprint density at radius 3 is 2.61 bits per heavy atom. The van der Waals surface area contributed by atoms with Crippen molar-refractivity contribution >= 4 is 5.91 Å². The van der Waals surface area contributed by atoms with Crippen molar-refractivity contribution in [3.05, 3.63) is 77.4 Å². The predicted molar refractivity (Wildman–Crippen MR) is 116 cm³/mol. The van der Waals surface area contributed by atoms with Crippen molar-refractivity contribution in [3.63, 3.8) is 0 Å². The number of aromatic nitrogens is 2. The van der Waals surface area contributed by atoms with E-state index in [1.807, 2.05) is 35.2 Å². The van der Waals surface area contributed by atoms with E-state index in [1.165, 1.54) is 12.1 Å². The fraction of sp³-hybridized carbons (Fsp3) is 0.360. The van der Waals surface area contributed by atoms with Gasteiger partial charge in [0, 0.05) is 18.7 Å². The second-order valence-electron chi connectivity index (χ2n) is 8.22. The zero-order valence-corrected chi connectivity index (χ0v) is 17.5. The lowest BCUT2D eigenvalue weighted by Gasteiger charge is -2.33. The number of carbonyl (C=O) groups is 1. The van der Waals surface area contributed by atoms with Crippen LogP contribution in [0.4, 0.5) is 4.39 Å². The molecule has 1 saturated heterocycles. The van der Waals surface area contributed by atoms with Crippen molar-refractivity contribution in [2.75, 3.05) is 19.7 Å². The highest BCUT2D eigenvalue weighted by Crippen LogP contribution is 2.29. The summed E-state index contributed by atoms with van der Waals surface area (Å²) in [4.78, 5) is 20.3. The molecule has 31 heavy (non-hydrogen) atoms. The van der Waals surface area contributed by atoms with E-state index in [0.29, 0.717) is 25.4 Å². The van der Waals surface area contributed by atoms with E-state index >= 15 is 0 Å². The van der Waals surface area contributed by atoms with Crippen LogP contribution >= 0.6 is 0 Å². The molecular weight excluding hydrogens is 393 g/mol. The Morgan fingerprint density at radius 1 is 1.00 bits per heavy atom. The topological polar surface area (TPSA) is 47.4 Å². The zero-order chi connectivity index (χ0) is 21.2. The number of ether oxygens (including phenoxy) is 1. The van der Waals surface area contributed by atoms with Gasteiger partial charge in [0.1, 0.15) is 23.4 Å². The summed E-state index contributed by atoms with van der Waals surface area (Å²) >= 11 is 0. The van der Waals surface area contributed by atoms with E-state index in [1.54, 1.807) is 12.1 Å². The molecule has 5 nitrogen and oxygen atoms in total. The number of morpholine rings is 1. The Morgan fingerprint density at radius 2 is 1.81 bits per heavy atom. The van der Waals surface area contributed by atoms with Crippen LogP contribution < -0.4 is 0 Å². The number of fused-ring (bicyclic) bond motifs is 1. The Bertz CT molecular complexity index is 1060. The molecule has 5 rings (SSSR count). The Labute approximate surface area is 181 Å². The summed E-state index contributed by atoms with van der Waals surface area (Å²) in [6, 6.07) is 16.4. The van der Waals surface area contributed by atoms with Crippen molar-refractivity contribution in [2.45, 2.75) is 38.3 Å². The minimum absolute atomic E-state index is 0.0387. The fourth-order valence-electron chi connectivity index (χ4n) is 4.56. The van der Waals surface area contributed by atoms with Crippen LogP contribution in [0.15, 0.2) is 54.6 Å². The van der Waals surface area contributed by atoms with E-state index in [4.69, 9.17) is 9.72 Å². The first-order valence-corrected chi connectivity index (χ1v) is 11.0. The van der Waals surface area contributed by atoms with Gasteiger partial charge in [-0.25, -0.2) is 9.37 Å². The maximum Gasteiger partial charge on any atom is 0.274 e. The molecule has 2 aromatic carbocycles. The third-order valence-electron chi connectivity index (χ3n) is 6.20. The standard InChI is InChI=1S/C25H26FN3O2/c26-20-12-10-18(11-13-20)22-17-28(15-16-31-22)25(30)23-21-9-5-2-6-14-29(21)24(27-23)19-7-3-1-4-8-19/h1,3-4,7-8,10-13,22H,2,5-6,9,14-17H2/t22-/m0/s1. The van der Waals surface area contributed by atoms with Gasteiger partial charge < -0.3 is 14.2 Å². The van der Waals surface area contributed by atoms with Gasteiger partial charge >= 0.3 is 0 Å². The summed E-state index contributed by atoms with van der Waals surface area (Å²) in [5.74, 6) is 0.564. The molecule has 0 aliphatic carbocycles. The Kier molecular flexibility index (Phi) is 5.55. The quantitative estimate of drug-likeness (QED) is 0.622. The molecule has 0 radical (unpaired) electrons. The average molecular weight is 420 g/mol. The molecule has 0 unspecified atom stereocenters. The second-order valence-corrected chi connectivity index (χ2v) is 8.22. The maximum atomic E-state index is 13.6. The van der Waals surface area contributed by atoms with E-state index in [2.05, 4.69) is 4.57 Å². The molecule has 0 N–H and O–H groups in total. The van der Waals surface area contributed by atoms with Crippen molar-refractivity contribution in [1.82, 2.24) is 14.5 Å². The molecule has 2 aliphatic heterocycles. The lowest BCUT2D eigenvalue weighted by molar-refractivity contribution is -0.0230. The van der Waals surface area contributed by atoms with Crippen LogP contribution in [0.2, 0.25) is 0 Å². The van der Waals surface area contributed by atoms with Gasteiger partial charge in [0.05, 0.1) is 18.8 Å². The van der Waals surface area contributed by atoms with Gasteiger partial charge in [-0.1, -0.05) is 48.9 Å². The number of nitrogens with zero attached hydrogens (tertiary/aromatic N) is 3. The first-order chi connectivity index (χ1) is 15.2. The fourth-order valence-corrected chi connectivity index (χ4v) is 4.56. The number of halogens is 1. The second kappa shape index (κ2) is 8.63. The SMILES string of the molecule is O=C(c1nc(-c2ccccc2)n2c1CCCCC2)N1CCO[C@H](c2ccc(F)cc2)C1. The first kappa shape index (κ1) is 19.9. The van der Waals surface area contributed by atoms with Crippen molar-refractivity contribution in [2.24, 2.45) is 0 Å². The molecule has 2 aliphatic rings. The molecule has 0 saturated carbocycles. The number of carbonyl (C=O) groups excluding carboxylic acids is 1. The average Bonchev–Trinajstić information content (AvgIpc) is 3.00. The van der Waals surface area contributed by atoms with Gasteiger partial charge in [-0.05, 0) is 37.0 Å².